The Morgan fingerprint density at radius 1 is 1.07 bits per heavy atom. The Kier molecular flexibility index (Phi) is 6.21. The smallest absolute Gasteiger partial charge is 0.261 e. The van der Waals surface area contributed by atoms with Crippen LogP contribution in [-0.4, -0.2) is 65.4 Å². The van der Waals surface area contributed by atoms with E-state index in [4.69, 9.17) is 4.18 Å². The fourth-order valence-corrected chi connectivity index (χ4v) is 2.21. The normalized spacial score (nSPS) is 11.9. The predicted molar refractivity (Wildman–Crippen MR) is 60.2 cm³/mol. The molecule has 1 aromatic carbocycles. The van der Waals surface area contributed by atoms with E-state index in [1.165, 1.54) is 12.1 Å². The van der Waals surface area contributed by atoms with Crippen LogP contribution >= 0.6 is 0 Å². The first-order valence-electron chi connectivity index (χ1n) is 4.32. The topological polar surface area (TPSA) is 43.4 Å². The van der Waals surface area contributed by atoms with Crippen molar-refractivity contribution in [1.29, 1.82) is 0 Å². The molecule has 0 atom stereocenters. The van der Waals surface area contributed by atoms with Crippen molar-refractivity contribution in [3.8, 4) is 0 Å². The molecule has 0 saturated carbocycles. The molecule has 0 heterocycles. The van der Waals surface area contributed by atoms with Gasteiger partial charge in [0.15, 0.2) is 0 Å². The van der Waals surface area contributed by atoms with Crippen LogP contribution in [-0.2, 0) is 14.3 Å². The third-order valence-electron chi connectivity index (χ3n) is 1.39. The first-order chi connectivity index (χ1) is 6.31. The molecule has 1 rings (SSSR count). The molecular formula is C10H14KO3S. The Labute approximate surface area is 134 Å². The average Bonchev–Trinajstić information content (AvgIpc) is 2.01. The van der Waals surface area contributed by atoms with Crippen molar-refractivity contribution >= 4 is 61.5 Å². The maximum Gasteiger partial charge on any atom is 0.297 e. The second-order valence-corrected chi connectivity index (χ2v) is 5.51. The summed E-state index contributed by atoms with van der Waals surface area (Å²) < 4.78 is 28.2. The van der Waals surface area contributed by atoms with Crippen molar-refractivity contribution in [2.45, 2.75) is 31.3 Å². The largest absolute Gasteiger partial charge is 0.297 e. The van der Waals surface area contributed by atoms with Crippen LogP contribution < -0.4 is 0 Å². The van der Waals surface area contributed by atoms with Crippen molar-refractivity contribution in [2.24, 2.45) is 0 Å². The summed E-state index contributed by atoms with van der Waals surface area (Å²) in [5, 5.41) is 0. The average molecular weight is 253 g/mol. The standard InChI is InChI=1S/C10H14O3S.K/c1-10(2,3)13-14(11,12)9-7-5-4-6-8-9;/h4-8H,1-3H3;. The minimum atomic E-state index is -3.62. The molecule has 0 aliphatic carbocycles. The molecule has 0 spiro atoms. The molecule has 1 radical (unpaired) electrons. The van der Waals surface area contributed by atoms with Crippen LogP contribution in [0.15, 0.2) is 35.2 Å². The van der Waals surface area contributed by atoms with Gasteiger partial charge >= 0.3 is 0 Å². The van der Waals surface area contributed by atoms with E-state index in [2.05, 4.69) is 0 Å². The number of benzene rings is 1. The summed E-state index contributed by atoms with van der Waals surface area (Å²) in [6, 6.07) is 8.12. The molecule has 0 aromatic heterocycles. The van der Waals surface area contributed by atoms with Gasteiger partial charge in [-0.05, 0) is 32.9 Å². The molecule has 15 heavy (non-hydrogen) atoms. The summed E-state index contributed by atoms with van der Waals surface area (Å²) in [5.41, 5.74) is -0.700. The SMILES string of the molecule is CC(C)(C)OS(=O)(=O)c1ccccc1.[K]. The molecule has 79 valence electrons. The second kappa shape index (κ2) is 5.91. The molecule has 0 unspecified atom stereocenters. The van der Waals surface area contributed by atoms with E-state index in [0.717, 1.165) is 0 Å². The maximum atomic E-state index is 11.6. The zero-order valence-electron chi connectivity index (χ0n) is 9.52. The Hall–Kier alpha value is 0.766. The zero-order chi connectivity index (χ0) is 10.8. The van der Waals surface area contributed by atoms with Gasteiger partial charge in [-0.2, -0.15) is 8.42 Å². The Balaban J connectivity index is 0.00000196. The Morgan fingerprint density at radius 3 is 1.93 bits per heavy atom. The van der Waals surface area contributed by atoms with Gasteiger partial charge in [0.05, 0.1) is 10.5 Å². The minimum absolute atomic E-state index is 0. The fourth-order valence-electron chi connectivity index (χ4n) is 0.964. The predicted octanol–water partition coefficient (Wildman–Crippen LogP) is 1.81. The summed E-state index contributed by atoms with van der Waals surface area (Å²) in [6.07, 6.45) is 0. The van der Waals surface area contributed by atoms with Crippen molar-refractivity contribution < 1.29 is 12.6 Å². The molecule has 0 N–H and O–H groups in total. The van der Waals surface area contributed by atoms with E-state index in [9.17, 15) is 8.42 Å². The zero-order valence-corrected chi connectivity index (χ0v) is 13.5. The van der Waals surface area contributed by atoms with Gasteiger partial charge in [0.25, 0.3) is 10.1 Å². The van der Waals surface area contributed by atoms with Crippen LogP contribution in [0.5, 0.6) is 0 Å². The monoisotopic (exact) mass is 253 g/mol. The van der Waals surface area contributed by atoms with Crippen LogP contribution in [0.4, 0.5) is 0 Å². The van der Waals surface area contributed by atoms with Gasteiger partial charge in [0.2, 0.25) is 0 Å². The molecule has 5 heteroatoms. The number of hydrogen-bond donors (Lipinski definition) is 0. The molecule has 0 bridgehead atoms. The van der Waals surface area contributed by atoms with Crippen LogP contribution in [0, 0.1) is 0 Å². The summed E-state index contributed by atoms with van der Waals surface area (Å²) in [6.45, 7) is 5.11. The number of hydrogen-bond acceptors (Lipinski definition) is 3. The van der Waals surface area contributed by atoms with Crippen molar-refractivity contribution in [2.75, 3.05) is 0 Å². The van der Waals surface area contributed by atoms with Gasteiger partial charge in [-0.25, -0.2) is 0 Å². The number of rotatable bonds is 2. The van der Waals surface area contributed by atoms with E-state index in [1.54, 1.807) is 39.0 Å². The Morgan fingerprint density at radius 2 is 1.53 bits per heavy atom. The van der Waals surface area contributed by atoms with E-state index in [0.29, 0.717) is 0 Å². The van der Waals surface area contributed by atoms with Gasteiger partial charge in [0, 0.05) is 51.4 Å². The van der Waals surface area contributed by atoms with Gasteiger partial charge in [-0.3, -0.25) is 4.18 Å². The molecule has 0 fully saturated rings. The summed E-state index contributed by atoms with van der Waals surface area (Å²) in [4.78, 5) is 0.190. The van der Waals surface area contributed by atoms with Crippen LogP contribution in [0.3, 0.4) is 0 Å². The van der Waals surface area contributed by atoms with Crippen LogP contribution in [0.25, 0.3) is 0 Å². The van der Waals surface area contributed by atoms with Crippen molar-refractivity contribution in [3.05, 3.63) is 30.3 Å². The minimum Gasteiger partial charge on any atom is -0.261 e. The van der Waals surface area contributed by atoms with Gasteiger partial charge in [0.1, 0.15) is 0 Å². The van der Waals surface area contributed by atoms with Crippen molar-refractivity contribution in [3.63, 3.8) is 0 Å². The molecule has 1 aromatic rings. The molecule has 0 aliphatic heterocycles. The van der Waals surface area contributed by atoms with Crippen molar-refractivity contribution in [1.82, 2.24) is 0 Å². The Bertz CT molecular complexity index is 392. The third kappa shape index (κ3) is 5.58. The van der Waals surface area contributed by atoms with Gasteiger partial charge in [-0.1, -0.05) is 18.2 Å². The first kappa shape index (κ1) is 15.8. The summed E-state index contributed by atoms with van der Waals surface area (Å²) in [7, 11) is -3.62. The van der Waals surface area contributed by atoms with E-state index in [1.807, 2.05) is 0 Å². The quantitative estimate of drug-likeness (QED) is 0.596. The van der Waals surface area contributed by atoms with Crippen LogP contribution in [0.2, 0.25) is 0 Å². The van der Waals surface area contributed by atoms with E-state index < -0.39 is 15.7 Å². The third-order valence-corrected chi connectivity index (χ3v) is 2.96. The first-order valence-corrected chi connectivity index (χ1v) is 5.73. The molecule has 0 saturated heterocycles. The maximum absolute atomic E-state index is 11.6. The fraction of sp³-hybridized carbons (Fsp3) is 0.400. The van der Waals surface area contributed by atoms with E-state index >= 15 is 0 Å². The van der Waals surface area contributed by atoms with Gasteiger partial charge in [-0.15, -0.1) is 0 Å². The molecule has 3 nitrogen and oxygen atoms in total. The van der Waals surface area contributed by atoms with Gasteiger partial charge < -0.3 is 0 Å². The molecular weight excluding hydrogens is 239 g/mol. The van der Waals surface area contributed by atoms with E-state index in [-0.39, 0.29) is 56.3 Å². The van der Waals surface area contributed by atoms with Crippen LogP contribution in [0.1, 0.15) is 20.8 Å². The summed E-state index contributed by atoms with van der Waals surface area (Å²) in [5.74, 6) is 0. The second-order valence-electron chi connectivity index (χ2n) is 3.96. The summed E-state index contributed by atoms with van der Waals surface area (Å²) >= 11 is 0. The molecule has 0 aliphatic rings. The molecule has 0 amide bonds.